The summed E-state index contributed by atoms with van der Waals surface area (Å²) in [5, 5.41) is 7.48. The van der Waals surface area contributed by atoms with E-state index in [1.165, 1.54) is 0 Å². The Labute approximate surface area is 156 Å². The van der Waals surface area contributed by atoms with Crippen LogP contribution in [0.15, 0.2) is 48.1 Å². The summed E-state index contributed by atoms with van der Waals surface area (Å²) in [6.07, 6.45) is 7.68. The minimum absolute atomic E-state index is 0.157. The molecular weight excluding hydrogens is 352 g/mol. The molecule has 0 spiro atoms. The molecule has 0 saturated carbocycles. The van der Waals surface area contributed by atoms with Crippen LogP contribution in [0.2, 0.25) is 5.02 Å². The van der Waals surface area contributed by atoms with Gasteiger partial charge in [-0.05, 0) is 43.5 Å². The molecule has 0 radical (unpaired) electrons. The molecule has 0 bridgehead atoms. The van der Waals surface area contributed by atoms with E-state index in [0.29, 0.717) is 0 Å². The Morgan fingerprint density at radius 2 is 2.00 bits per heavy atom. The lowest BCUT2D eigenvalue weighted by Crippen LogP contribution is -2.32. The number of piperidine rings is 1. The quantitative estimate of drug-likeness (QED) is 0.721. The number of aromatic nitrogens is 3. The summed E-state index contributed by atoms with van der Waals surface area (Å²) in [4.78, 5) is 13.7. The highest BCUT2D eigenvalue weighted by atomic mass is 35.5. The van der Waals surface area contributed by atoms with Crippen molar-refractivity contribution in [2.75, 3.05) is 0 Å². The monoisotopic (exact) mass is 370 g/mol. The average molecular weight is 371 g/mol. The molecule has 1 N–H and O–H groups in total. The van der Waals surface area contributed by atoms with Crippen molar-refractivity contribution in [2.24, 2.45) is 0 Å². The summed E-state index contributed by atoms with van der Waals surface area (Å²) in [5.74, 6) is 0. The van der Waals surface area contributed by atoms with Gasteiger partial charge in [0, 0.05) is 35.9 Å². The van der Waals surface area contributed by atoms with Gasteiger partial charge in [-0.1, -0.05) is 17.7 Å². The molecule has 128 valence electrons. The molecule has 3 aromatic rings. The predicted octanol–water partition coefficient (Wildman–Crippen LogP) is 4.73. The molecular formula is C19H19ClN4S. The van der Waals surface area contributed by atoms with E-state index < -0.39 is 0 Å². The number of halogens is 1. The zero-order valence-corrected chi connectivity index (χ0v) is 15.3. The summed E-state index contributed by atoms with van der Waals surface area (Å²) < 4.78 is 0. The highest BCUT2D eigenvalue weighted by molar-refractivity contribution is 7.09. The van der Waals surface area contributed by atoms with Crippen molar-refractivity contribution in [3.05, 3.63) is 75.2 Å². The number of nitrogens with zero attached hydrogens (tertiary/aromatic N) is 3. The van der Waals surface area contributed by atoms with Crippen LogP contribution in [0.4, 0.5) is 0 Å². The Morgan fingerprint density at radius 1 is 1.08 bits per heavy atom. The zero-order chi connectivity index (χ0) is 17.1. The van der Waals surface area contributed by atoms with Crippen LogP contribution in [0.25, 0.3) is 0 Å². The van der Waals surface area contributed by atoms with Crippen molar-refractivity contribution in [2.45, 2.75) is 37.8 Å². The topological polar surface area (TPSA) is 50.7 Å². The molecule has 1 saturated heterocycles. The van der Waals surface area contributed by atoms with Crippen molar-refractivity contribution in [3.63, 3.8) is 0 Å². The lowest BCUT2D eigenvalue weighted by atomic mass is 9.94. The predicted molar refractivity (Wildman–Crippen MR) is 101 cm³/mol. The van der Waals surface area contributed by atoms with Gasteiger partial charge < -0.3 is 5.32 Å². The Morgan fingerprint density at radius 3 is 2.80 bits per heavy atom. The minimum Gasteiger partial charge on any atom is -0.300 e. The molecule has 1 aliphatic heterocycles. The third-order valence-electron chi connectivity index (χ3n) is 4.51. The van der Waals surface area contributed by atoms with Crippen molar-refractivity contribution in [1.82, 2.24) is 20.3 Å². The highest BCUT2D eigenvalue weighted by Gasteiger charge is 2.26. The Bertz CT molecular complexity index is 823. The van der Waals surface area contributed by atoms with E-state index in [1.54, 1.807) is 11.3 Å². The SMILES string of the molecule is Clc1ccc(Cc2nccs2)nc1[C@@H]1CCC[C@H](c2ccccn2)N1. The first-order valence-corrected chi connectivity index (χ1v) is 9.76. The fourth-order valence-corrected chi connectivity index (χ4v) is 4.17. The van der Waals surface area contributed by atoms with Crippen LogP contribution in [0.1, 0.15) is 53.4 Å². The lowest BCUT2D eigenvalue weighted by Gasteiger charge is -2.31. The molecule has 0 aromatic carbocycles. The molecule has 4 heterocycles. The fourth-order valence-electron chi connectivity index (χ4n) is 3.30. The smallest absolute Gasteiger partial charge is 0.0984 e. The molecule has 4 rings (SSSR count). The first kappa shape index (κ1) is 16.6. The second kappa shape index (κ2) is 7.60. The Kier molecular flexibility index (Phi) is 5.06. The van der Waals surface area contributed by atoms with Crippen molar-refractivity contribution in [1.29, 1.82) is 0 Å². The second-order valence-corrected chi connectivity index (χ2v) is 7.62. The minimum atomic E-state index is 0.157. The fraction of sp³-hybridized carbons (Fsp3) is 0.316. The molecule has 0 amide bonds. The van der Waals surface area contributed by atoms with Crippen LogP contribution in [-0.4, -0.2) is 15.0 Å². The Balaban J connectivity index is 1.56. The third kappa shape index (κ3) is 3.89. The van der Waals surface area contributed by atoms with Gasteiger partial charge in [-0.3, -0.25) is 9.97 Å². The van der Waals surface area contributed by atoms with Gasteiger partial charge in [-0.15, -0.1) is 11.3 Å². The number of hydrogen-bond donors (Lipinski definition) is 1. The molecule has 3 aromatic heterocycles. The van der Waals surface area contributed by atoms with Gasteiger partial charge in [0.05, 0.1) is 27.5 Å². The Hall–Kier alpha value is -1.82. The van der Waals surface area contributed by atoms with Crippen molar-refractivity contribution < 1.29 is 0 Å². The first-order chi connectivity index (χ1) is 12.3. The normalized spacial score (nSPS) is 20.5. The number of hydrogen-bond acceptors (Lipinski definition) is 5. The van der Waals surface area contributed by atoms with Crippen LogP contribution in [0, 0.1) is 0 Å². The number of pyridine rings is 2. The van der Waals surface area contributed by atoms with E-state index in [2.05, 4.69) is 21.4 Å². The maximum atomic E-state index is 6.47. The largest absolute Gasteiger partial charge is 0.300 e. The average Bonchev–Trinajstić information content (AvgIpc) is 3.17. The summed E-state index contributed by atoms with van der Waals surface area (Å²) >= 11 is 8.13. The number of thiazole rings is 1. The molecule has 0 unspecified atom stereocenters. The molecule has 0 aliphatic carbocycles. The van der Waals surface area contributed by atoms with Crippen LogP contribution in [0.3, 0.4) is 0 Å². The van der Waals surface area contributed by atoms with E-state index in [1.807, 2.05) is 42.0 Å². The standard InChI is InChI=1S/C19H19ClN4S/c20-14-8-7-13(12-18-22-10-11-25-18)23-19(14)17-6-3-5-16(24-17)15-4-1-2-9-21-15/h1-2,4,7-11,16-17,24H,3,5-6,12H2/t16-,17+/m1/s1. The molecule has 4 nitrogen and oxygen atoms in total. The summed E-state index contributed by atoms with van der Waals surface area (Å²) in [6.45, 7) is 0. The molecule has 1 aliphatic rings. The van der Waals surface area contributed by atoms with E-state index in [-0.39, 0.29) is 12.1 Å². The van der Waals surface area contributed by atoms with Gasteiger partial charge in [0.25, 0.3) is 0 Å². The molecule has 6 heteroatoms. The molecule has 2 atom stereocenters. The van der Waals surface area contributed by atoms with Gasteiger partial charge in [0.1, 0.15) is 0 Å². The second-order valence-electron chi connectivity index (χ2n) is 6.23. The van der Waals surface area contributed by atoms with E-state index in [4.69, 9.17) is 16.6 Å². The summed E-state index contributed by atoms with van der Waals surface area (Å²) in [6, 6.07) is 10.4. The third-order valence-corrected chi connectivity index (χ3v) is 5.61. The van der Waals surface area contributed by atoms with Crippen LogP contribution in [0.5, 0.6) is 0 Å². The van der Waals surface area contributed by atoms with Crippen LogP contribution >= 0.6 is 22.9 Å². The lowest BCUT2D eigenvalue weighted by molar-refractivity contribution is 0.321. The maximum Gasteiger partial charge on any atom is 0.0984 e. The summed E-state index contributed by atoms with van der Waals surface area (Å²) in [5.41, 5.74) is 3.04. The van der Waals surface area contributed by atoms with E-state index >= 15 is 0 Å². The van der Waals surface area contributed by atoms with Crippen molar-refractivity contribution in [3.8, 4) is 0 Å². The molecule has 25 heavy (non-hydrogen) atoms. The molecule has 1 fully saturated rings. The van der Waals surface area contributed by atoms with Gasteiger partial charge in [-0.2, -0.15) is 0 Å². The highest BCUT2D eigenvalue weighted by Crippen LogP contribution is 2.34. The first-order valence-electron chi connectivity index (χ1n) is 8.50. The van der Waals surface area contributed by atoms with Gasteiger partial charge in [0.2, 0.25) is 0 Å². The van der Waals surface area contributed by atoms with Gasteiger partial charge in [0.15, 0.2) is 0 Å². The zero-order valence-electron chi connectivity index (χ0n) is 13.7. The number of nitrogens with one attached hydrogen (secondary N) is 1. The van der Waals surface area contributed by atoms with Crippen LogP contribution in [-0.2, 0) is 6.42 Å². The van der Waals surface area contributed by atoms with E-state index in [9.17, 15) is 0 Å². The summed E-state index contributed by atoms with van der Waals surface area (Å²) in [7, 11) is 0. The number of rotatable bonds is 4. The van der Waals surface area contributed by atoms with Gasteiger partial charge >= 0.3 is 0 Å². The van der Waals surface area contributed by atoms with Crippen LogP contribution < -0.4 is 5.32 Å². The van der Waals surface area contributed by atoms with E-state index in [0.717, 1.165) is 52.8 Å². The maximum absolute atomic E-state index is 6.47. The van der Waals surface area contributed by atoms with Crippen molar-refractivity contribution >= 4 is 22.9 Å². The van der Waals surface area contributed by atoms with Gasteiger partial charge in [-0.25, -0.2) is 4.98 Å².